The van der Waals surface area contributed by atoms with Crippen molar-refractivity contribution in [2.45, 2.75) is 38.4 Å². The number of nitrogens with one attached hydrogen (secondary N) is 1. The van der Waals surface area contributed by atoms with Crippen LogP contribution in [-0.2, 0) is 11.0 Å². The molecule has 0 bridgehead atoms. The third-order valence-corrected chi connectivity index (χ3v) is 3.36. The first-order valence-corrected chi connectivity index (χ1v) is 7.25. The van der Waals surface area contributed by atoms with Crippen molar-refractivity contribution in [2.75, 3.05) is 5.32 Å². The van der Waals surface area contributed by atoms with Crippen molar-refractivity contribution in [2.24, 2.45) is 5.73 Å². The van der Waals surface area contributed by atoms with E-state index in [-0.39, 0.29) is 24.1 Å². The Labute approximate surface area is 148 Å². The SMILES string of the molecule is CCCC(C)(N)C(=O)Nc1ccc(-c2noc(C(F)(F)F)n2)cc1.Cl. The van der Waals surface area contributed by atoms with E-state index in [1.807, 2.05) is 6.92 Å². The highest BCUT2D eigenvalue weighted by molar-refractivity contribution is 5.97. The number of aromatic nitrogens is 2. The summed E-state index contributed by atoms with van der Waals surface area (Å²) in [7, 11) is 0. The molecule has 1 amide bonds. The summed E-state index contributed by atoms with van der Waals surface area (Å²) >= 11 is 0. The normalized spacial score (nSPS) is 13.7. The Morgan fingerprint density at radius 2 is 1.88 bits per heavy atom. The van der Waals surface area contributed by atoms with E-state index in [0.717, 1.165) is 6.42 Å². The van der Waals surface area contributed by atoms with Gasteiger partial charge in [0.15, 0.2) is 0 Å². The summed E-state index contributed by atoms with van der Waals surface area (Å²) in [6.07, 6.45) is -3.40. The molecule has 0 aliphatic carbocycles. The highest BCUT2D eigenvalue weighted by Crippen LogP contribution is 2.29. The fourth-order valence-electron chi connectivity index (χ4n) is 2.07. The third-order valence-electron chi connectivity index (χ3n) is 3.36. The smallest absolute Gasteiger partial charge is 0.329 e. The van der Waals surface area contributed by atoms with Crippen LogP contribution >= 0.6 is 12.4 Å². The molecule has 138 valence electrons. The summed E-state index contributed by atoms with van der Waals surface area (Å²) < 4.78 is 41.5. The van der Waals surface area contributed by atoms with Gasteiger partial charge in [-0.3, -0.25) is 4.79 Å². The Kier molecular flexibility index (Phi) is 6.55. The number of halogens is 4. The maximum Gasteiger partial charge on any atom is 0.471 e. The van der Waals surface area contributed by atoms with Crippen LogP contribution < -0.4 is 11.1 Å². The Morgan fingerprint density at radius 3 is 2.36 bits per heavy atom. The molecule has 10 heteroatoms. The Hall–Kier alpha value is -2.13. The summed E-state index contributed by atoms with van der Waals surface area (Å²) in [5, 5.41) is 5.96. The molecule has 0 saturated heterocycles. The minimum absolute atomic E-state index is 0. The number of nitrogens with two attached hydrogens (primary N) is 1. The van der Waals surface area contributed by atoms with E-state index in [2.05, 4.69) is 20.0 Å². The molecule has 1 aromatic heterocycles. The number of alkyl halides is 3. The van der Waals surface area contributed by atoms with Crippen molar-refractivity contribution in [3.63, 3.8) is 0 Å². The van der Waals surface area contributed by atoms with Gasteiger partial charge in [-0.2, -0.15) is 18.2 Å². The first-order valence-electron chi connectivity index (χ1n) is 7.25. The number of hydrogen-bond donors (Lipinski definition) is 2. The number of carbonyl (C=O) groups is 1. The number of benzene rings is 1. The molecule has 0 radical (unpaired) electrons. The van der Waals surface area contributed by atoms with Crippen molar-refractivity contribution >= 4 is 24.0 Å². The van der Waals surface area contributed by atoms with Crippen molar-refractivity contribution in [1.82, 2.24) is 10.1 Å². The van der Waals surface area contributed by atoms with Gasteiger partial charge in [0.05, 0.1) is 5.54 Å². The van der Waals surface area contributed by atoms with Gasteiger partial charge in [-0.25, -0.2) is 0 Å². The highest BCUT2D eigenvalue weighted by atomic mass is 35.5. The first-order chi connectivity index (χ1) is 11.1. The van der Waals surface area contributed by atoms with Crippen molar-refractivity contribution in [1.29, 1.82) is 0 Å². The summed E-state index contributed by atoms with van der Waals surface area (Å²) in [5.41, 5.74) is 5.73. The summed E-state index contributed by atoms with van der Waals surface area (Å²) in [5.74, 6) is -1.93. The lowest BCUT2D eigenvalue weighted by Crippen LogP contribution is -2.48. The molecule has 0 aliphatic rings. The van der Waals surface area contributed by atoms with E-state index in [1.165, 1.54) is 24.3 Å². The monoisotopic (exact) mass is 378 g/mol. The molecule has 25 heavy (non-hydrogen) atoms. The van der Waals surface area contributed by atoms with Crippen LogP contribution in [0.4, 0.5) is 18.9 Å². The average molecular weight is 379 g/mol. The van der Waals surface area contributed by atoms with E-state index in [0.29, 0.717) is 17.7 Å². The Balaban J connectivity index is 0.00000312. The second kappa shape index (κ2) is 7.83. The van der Waals surface area contributed by atoms with Gasteiger partial charge in [0, 0.05) is 11.3 Å². The molecular formula is C15H18ClF3N4O2. The van der Waals surface area contributed by atoms with Crippen LogP contribution in [0.15, 0.2) is 28.8 Å². The molecular weight excluding hydrogens is 361 g/mol. The minimum atomic E-state index is -4.69. The van der Waals surface area contributed by atoms with Gasteiger partial charge < -0.3 is 15.6 Å². The van der Waals surface area contributed by atoms with Gasteiger partial charge in [-0.1, -0.05) is 18.5 Å². The van der Waals surface area contributed by atoms with Crippen molar-refractivity contribution < 1.29 is 22.5 Å². The van der Waals surface area contributed by atoms with Crippen molar-refractivity contribution in [3.05, 3.63) is 30.2 Å². The zero-order valence-electron chi connectivity index (χ0n) is 13.6. The maximum atomic E-state index is 12.4. The number of nitrogens with zero attached hydrogens (tertiary/aromatic N) is 2. The van der Waals surface area contributed by atoms with Crippen LogP contribution in [0, 0.1) is 0 Å². The molecule has 1 heterocycles. The Bertz CT molecular complexity index is 714. The lowest BCUT2D eigenvalue weighted by atomic mass is 9.96. The number of carbonyl (C=O) groups excluding carboxylic acids is 1. The molecule has 2 aromatic rings. The second-order valence-corrected chi connectivity index (χ2v) is 5.62. The van der Waals surface area contributed by atoms with Gasteiger partial charge in [-0.05, 0) is 37.6 Å². The molecule has 2 rings (SSSR count). The number of hydrogen-bond acceptors (Lipinski definition) is 5. The topological polar surface area (TPSA) is 94.0 Å². The molecule has 1 aromatic carbocycles. The quantitative estimate of drug-likeness (QED) is 0.828. The molecule has 0 fully saturated rings. The zero-order valence-corrected chi connectivity index (χ0v) is 14.4. The van der Waals surface area contributed by atoms with Crippen LogP contribution in [0.1, 0.15) is 32.6 Å². The number of amides is 1. The van der Waals surface area contributed by atoms with Gasteiger partial charge >= 0.3 is 12.1 Å². The lowest BCUT2D eigenvalue weighted by molar-refractivity contribution is -0.159. The highest BCUT2D eigenvalue weighted by Gasteiger charge is 2.38. The van der Waals surface area contributed by atoms with E-state index in [4.69, 9.17) is 5.73 Å². The standard InChI is InChI=1S/C15H17F3N4O2.ClH/c1-3-8-14(2,19)12(23)20-10-6-4-9(5-7-10)11-21-13(24-22-11)15(16,17)18;/h4-7H,3,8,19H2,1-2H3,(H,20,23);1H. The van der Waals surface area contributed by atoms with Crippen molar-refractivity contribution in [3.8, 4) is 11.4 Å². The van der Waals surface area contributed by atoms with Gasteiger partial charge in [0.1, 0.15) is 0 Å². The maximum absolute atomic E-state index is 12.4. The van der Waals surface area contributed by atoms with E-state index in [1.54, 1.807) is 6.92 Å². The first kappa shape index (κ1) is 20.9. The molecule has 6 nitrogen and oxygen atoms in total. The van der Waals surface area contributed by atoms with Crippen LogP contribution in [0.5, 0.6) is 0 Å². The van der Waals surface area contributed by atoms with Crippen LogP contribution in [0.25, 0.3) is 11.4 Å². The largest absolute Gasteiger partial charge is 0.471 e. The molecule has 0 spiro atoms. The third kappa shape index (κ3) is 5.17. The molecule has 0 saturated carbocycles. The molecule has 3 N–H and O–H groups in total. The van der Waals surface area contributed by atoms with E-state index in [9.17, 15) is 18.0 Å². The Morgan fingerprint density at radius 1 is 1.28 bits per heavy atom. The summed E-state index contributed by atoms with van der Waals surface area (Å²) in [6.45, 7) is 3.56. The van der Waals surface area contributed by atoms with E-state index >= 15 is 0 Å². The van der Waals surface area contributed by atoms with Gasteiger partial charge in [0.2, 0.25) is 11.7 Å². The minimum Gasteiger partial charge on any atom is -0.329 e. The van der Waals surface area contributed by atoms with Crippen LogP contribution in [0.3, 0.4) is 0 Å². The fraction of sp³-hybridized carbons (Fsp3) is 0.400. The van der Waals surface area contributed by atoms with Gasteiger partial charge in [-0.15, -0.1) is 12.4 Å². The molecule has 0 aliphatic heterocycles. The number of rotatable bonds is 5. The van der Waals surface area contributed by atoms with E-state index < -0.39 is 17.6 Å². The summed E-state index contributed by atoms with van der Waals surface area (Å²) in [4.78, 5) is 15.4. The summed E-state index contributed by atoms with van der Waals surface area (Å²) in [6, 6.07) is 6.01. The molecule has 1 atom stereocenters. The zero-order chi connectivity index (χ0) is 18.0. The second-order valence-electron chi connectivity index (χ2n) is 5.62. The van der Waals surface area contributed by atoms with Crippen LogP contribution in [-0.4, -0.2) is 21.6 Å². The number of anilines is 1. The van der Waals surface area contributed by atoms with Gasteiger partial charge in [0.25, 0.3) is 0 Å². The predicted molar refractivity (Wildman–Crippen MR) is 88.1 cm³/mol. The fourth-order valence-corrected chi connectivity index (χ4v) is 2.07. The average Bonchev–Trinajstić information content (AvgIpc) is 2.98. The van der Waals surface area contributed by atoms with Crippen LogP contribution in [0.2, 0.25) is 0 Å². The lowest BCUT2D eigenvalue weighted by Gasteiger charge is -2.22. The predicted octanol–water partition coefficient (Wildman–Crippen LogP) is 3.63. The molecule has 1 unspecified atom stereocenters.